The fourth-order valence-electron chi connectivity index (χ4n) is 1.05. The van der Waals surface area contributed by atoms with Crippen LogP contribution in [0.2, 0.25) is 5.02 Å². The van der Waals surface area contributed by atoms with Crippen molar-refractivity contribution in [2.24, 2.45) is 0 Å². The Morgan fingerprint density at radius 3 is 2.88 bits per heavy atom. The molecule has 0 aliphatic rings. The van der Waals surface area contributed by atoms with Crippen LogP contribution in [0.15, 0.2) is 11.0 Å². The number of H-pyrrole nitrogens is 1. The van der Waals surface area contributed by atoms with Crippen molar-refractivity contribution >= 4 is 29.1 Å². The molecule has 0 bridgehead atoms. The van der Waals surface area contributed by atoms with Gasteiger partial charge in [0.25, 0.3) is 5.56 Å². The maximum Gasteiger partial charge on any atom is 0.285 e. The molecule has 0 fully saturated rings. The number of aromatic nitrogens is 2. The fraction of sp³-hybridized carbons (Fsp3) is 0.600. The van der Waals surface area contributed by atoms with E-state index >= 15 is 0 Å². The van der Waals surface area contributed by atoms with Gasteiger partial charge in [0.1, 0.15) is 5.02 Å². The first kappa shape index (κ1) is 13.4. The lowest BCUT2D eigenvalue weighted by Gasteiger charge is -2.17. The molecule has 0 atom stereocenters. The first-order valence-electron chi connectivity index (χ1n) is 5.01. The summed E-state index contributed by atoms with van der Waals surface area (Å²) in [6.45, 7) is 7.26. The minimum Gasteiger partial charge on any atom is -0.382 e. The van der Waals surface area contributed by atoms with Gasteiger partial charge in [0.2, 0.25) is 0 Å². The molecular formula is C10H16ClN3OS. The lowest BCUT2D eigenvalue weighted by atomic mass is 10.3. The second-order valence-corrected chi connectivity index (χ2v) is 6.61. The van der Waals surface area contributed by atoms with Crippen LogP contribution in [0, 0.1) is 0 Å². The third kappa shape index (κ3) is 4.45. The van der Waals surface area contributed by atoms with Crippen molar-refractivity contribution in [1.82, 2.24) is 10.2 Å². The molecule has 0 spiro atoms. The van der Waals surface area contributed by atoms with Gasteiger partial charge in [-0.1, -0.05) is 32.4 Å². The van der Waals surface area contributed by atoms with Gasteiger partial charge in [0.15, 0.2) is 0 Å². The van der Waals surface area contributed by atoms with E-state index in [0.29, 0.717) is 5.69 Å². The number of nitrogens with one attached hydrogen (secondary N) is 2. The highest BCUT2D eigenvalue weighted by molar-refractivity contribution is 8.00. The van der Waals surface area contributed by atoms with Crippen LogP contribution in [0.4, 0.5) is 5.69 Å². The Kier molecular flexibility index (Phi) is 4.68. The lowest BCUT2D eigenvalue weighted by molar-refractivity contribution is 0.802. The third-order valence-corrected chi connectivity index (χ3v) is 3.40. The third-order valence-electron chi connectivity index (χ3n) is 1.75. The number of anilines is 1. The van der Waals surface area contributed by atoms with E-state index in [4.69, 9.17) is 11.6 Å². The molecule has 0 aromatic carbocycles. The minimum atomic E-state index is -0.366. The standard InChI is InChI=1S/C10H16ClN3OS/c1-10(2,3)16-5-4-12-7-6-13-14-9(15)8(7)11/h6H,4-5H2,1-3H3,(H2,12,14,15). The van der Waals surface area contributed by atoms with Gasteiger partial charge in [-0.15, -0.1) is 0 Å². The van der Waals surface area contributed by atoms with Gasteiger partial charge in [0.05, 0.1) is 11.9 Å². The van der Waals surface area contributed by atoms with E-state index in [2.05, 4.69) is 36.3 Å². The molecule has 0 radical (unpaired) electrons. The first-order valence-corrected chi connectivity index (χ1v) is 6.37. The first-order chi connectivity index (χ1) is 7.40. The van der Waals surface area contributed by atoms with Gasteiger partial charge in [-0.25, -0.2) is 5.10 Å². The zero-order valence-electron chi connectivity index (χ0n) is 9.63. The van der Waals surface area contributed by atoms with Crippen LogP contribution in [0.3, 0.4) is 0 Å². The molecular weight excluding hydrogens is 246 g/mol. The monoisotopic (exact) mass is 261 g/mol. The Morgan fingerprint density at radius 1 is 1.56 bits per heavy atom. The molecule has 0 saturated carbocycles. The number of halogens is 1. The molecule has 2 N–H and O–H groups in total. The predicted octanol–water partition coefficient (Wildman–Crippen LogP) is 2.37. The Hall–Kier alpha value is -0.680. The summed E-state index contributed by atoms with van der Waals surface area (Å²) in [6, 6.07) is 0. The second-order valence-electron chi connectivity index (χ2n) is 4.31. The predicted molar refractivity (Wildman–Crippen MR) is 70.6 cm³/mol. The average molecular weight is 262 g/mol. The number of aromatic amines is 1. The summed E-state index contributed by atoms with van der Waals surface area (Å²) in [7, 11) is 0. The van der Waals surface area contributed by atoms with Crippen molar-refractivity contribution in [2.75, 3.05) is 17.6 Å². The summed E-state index contributed by atoms with van der Waals surface area (Å²) < 4.78 is 0.248. The van der Waals surface area contributed by atoms with Gasteiger partial charge in [-0.05, 0) is 0 Å². The number of rotatable bonds is 4. The lowest BCUT2D eigenvalue weighted by Crippen LogP contribution is -2.15. The molecule has 90 valence electrons. The van der Waals surface area contributed by atoms with Gasteiger partial charge in [-0.3, -0.25) is 4.79 Å². The number of thioether (sulfide) groups is 1. The minimum absolute atomic E-state index is 0.163. The van der Waals surface area contributed by atoms with E-state index in [1.165, 1.54) is 6.20 Å². The summed E-state index contributed by atoms with van der Waals surface area (Å²) in [5.41, 5.74) is 0.218. The maximum absolute atomic E-state index is 11.1. The molecule has 1 heterocycles. The van der Waals surface area contributed by atoms with Crippen LogP contribution in [-0.2, 0) is 0 Å². The highest BCUT2D eigenvalue weighted by Crippen LogP contribution is 2.23. The largest absolute Gasteiger partial charge is 0.382 e. The Balaban J connectivity index is 2.44. The number of hydrogen-bond donors (Lipinski definition) is 2. The summed E-state index contributed by atoms with van der Waals surface area (Å²) >= 11 is 7.66. The van der Waals surface area contributed by atoms with Crippen LogP contribution in [-0.4, -0.2) is 27.2 Å². The molecule has 6 heteroatoms. The summed E-state index contributed by atoms with van der Waals surface area (Å²) in [4.78, 5) is 11.1. The smallest absolute Gasteiger partial charge is 0.285 e. The van der Waals surface area contributed by atoms with Crippen LogP contribution in [0.25, 0.3) is 0 Å². The van der Waals surface area contributed by atoms with E-state index in [1.807, 2.05) is 11.8 Å². The Labute approximate surface area is 104 Å². The molecule has 0 amide bonds. The van der Waals surface area contributed by atoms with Crippen molar-refractivity contribution in [3.05, 3.63) is 21.6 Å². The van der Waals surface area contributed by atoms with Crippen molar-refractivity contribution in [3.8, 4) is 0 Å². The average Bonchev–Trinajstić information content (AvgIpc) is 2.17. The highest BCUT2D eigenvalue weighted by atomic mass is 35.5. The summed E-state index contributed by atoms with van der Waals surface area (Å²) in [5.74, 6) is 0.951. The number of nitrogens with zero attached hydrogens (tertiary/aromatic N) is 1. The highest BCUT2D eigenvalue weighted by Gasteiger charge is 2.10. The number of hydrogen-bond acceptors (Lipinski definition) is 4. The molecule has 16 heavy (non-hydrogen) atoms. The van der Waals surface area contributed by atoms with Crippen LogP contribution < -0.4 is 10.9 Å². The van der Waals surface area contributed by atoms with E-state index in [9.17, 15) is 4.79 Å². The van der Waals surface area contributed by atoms with Gasteiger partial charge in [0, 0.05) is 17.0 Å². The zero-order chi connectivity index (χ0) is 12.2. The second kappa shape index (κ2) is 5.59. The van der Waals surface area contributed by atoms with Gasteiger partial charge < -0.3 is 5.32 Å². The molecule has 1 aromatic rings. The SMILES string of the molecule is CC(C)(C)SCCNc1cn[nH]c(=O)c1Cl. The van der Waals surface area contributed by atoms with E-state index in [-0.39, 0.29) is 15.3 Å². The zero-order valence-corrected chi connectivity index (χ0v) is 11.2. The molecule has 1 rings (SSSR count). The molecule has 0 saturated heterocycles. The topological polar surface area (TPSA) is 57.8 Å². The molecule has 0 unspecified atom stereocenters. The van der Waals surface area contributed by atoms with E-state index < -0.39 is 0 Å². The van der Waals surface area contributed by atoms with Gasteiger partial charge in [-0.2, -0.15) is 16.9 Å². The van der Waals surface area contributed by atoms with Crippen LogP contribution in [0.1, 0.15) is 20.8 Å². The van der Waals surface area contributed by atoms with Crippen molar-refractivity contribution in [3.63, 3.8) is 0 Å². The Morgan fingerprint density at radius 2 is 2.25 bits per heavy atom. The van der Waals surface area contributed by atoms with Crippen molar-refractivity contribution < 1.29 is 0 Å². The molecule has 0 aliphatic carbocycles. The van der Waals surface area contributed by atoms with Crippen LogP contribution >= 0.6 is 23.4 Å². The summed E-state index contributed by atoms with van der Waals surface area (Å²) in [5, 5.41) is 9.21. The summed E-state index contributed by atoms with van der Waals surface area (Å²) in [6.07, 6.45) is 1.52. The fourth-order valence-corrected chi connectivity index (χ4v) is 2.02. The van der Waals surface area contributed by atoms with Crippen LogP contribution in [0.5, 0.6) is 0 Å². The maximum atomic E-state index is 11.1. The molecule has 1 aromatic heterocycles. The quantitative estimate of drug-likeness (QED) is 0.817. The van der Waals surface area contributed by atoms with Gasteiger partial charge >= 0.3 is 0 Å². The van der Waals surface area contributed by atoms with E-state index in [1.54, 1.807) is 0 Å². The van der Waals surface area contributed by atoms with E-state index in [0.717, 1.165) is 12.3 Å². The molecule has 0 aliphatic heterocycles. The van der Waals surface area contributed by atoms with Crippen molar-refractivity contribution in [1.29, 1.82) is 0 Å². The van der Waals surface area contributed by atoms with Crippen molar-refractivity contribution in [2.45, 2.75) is 25.5 Å². The normalized spacial score (nSPS) is 11.5. The molecule has 4 nitrogen and oxygen atoms in total. The Bertz CT molecular complexity index is 400.